The van der Waals surface area contributed by atoms with E-state index in [4.69, 9.17) is 4.74 Å². The maximum Gasteiger partial charge on any atom is 0.0626 e. The van der Waals surface area contributed by atoms with E-state index < -0.39 is 0 Å². The molecule has 1 unspecified atom stereocenters. The molecule has 1 atom stereocenters. The second kappa shape index (κ2) is 7.39. The van der Waals surface area contributed by atoms with Crippen molar-refractivity contribution in [3.63, 3.8) is 0 Å². The minimum absolute atomic E-state index is 0.00281. The number of ether oxygens (including phenoxy) is 1. The lowest BCUT2D eigenvalue weighted by Gasteiger charge is -2.17. The zero-order chi connectivity index (χ0) is 11.8. The molecule has 2 N–H and O–H groups in total. The van der Waals surface area contributed by atoms with Crippen LogP contribution in [-0.2, 0) is 4.74 Å². The fraction of sp³-hybridized carbons (Fsp3) is 0.538. The van der Waals surface area contributed by atoms with Crippen LogP contribution in [0.4, 0.5) is 0 Å². The summed E-state index contributed by atoms with van der Waals surface area (Å²) in [6.07, 6.45) is 0.256. The quantitative estimate of drug-likeness (QED) is 0.692. The van der Waals surface area contributed by atoms with Crippen molar-refractivity contribution in [3.8, 4) is 0 Å². The lowest BCUT2D eigenvalue weighted by atomic mass is 10.1. The van der Waals surface area contributed by atoms with Gasteiger partial charge in [-0.25, -0.2) is 0 Å². The number of hydrogen-bond donors (Lipinski definition) is 2. The van der Waals surface area contributed by atoms with Crippen molar-refractivity contribution in [1.82, 2.24) is 5.32 Å². The summed E-state index contributed by atoms with van der Waals surface area (Å²) in [7, 11) is 0. The van der Waals surface area contributed by atoms with Crippen molar-refractivity contribution in [2.75, 3.05) is 19.8 Å². The highest BCUT2D eigenvalue weighted by Crippen LogP contribution is 2.10. The van der Waals surface area contributed by atoms with E-state index in [0.717, 1.165) is 12.1 Å². The van der Waals surface area contributed by atoms with Gasteiger partial charge in [0.1, 0.15) is 0 Å². The molecule has 3 nitrogen and oxygen atoms in total. The Bertz CT molecular complexity index is 275. The van der Waals surface area contributed by atoms with Gasteiger partial charge in [-0.05, 0) is 19.4 Å². The summed E-state index contributed by atoms with van der Waals surface area (Å²) < 4.78 is 5.43. The van der Waals surface area contributed by atoms with Crippen LogP contribution in [0, 0.1) is 0 Å². The molecule has 0 amide bonds. The normalized spacial score (nSPS) is 13.0. The van der Waals surface area contributed by atoms with Crippen LogP contribution in [0.2, 0.25) is 0 Å². The molecule has 0 saturated carbocycles. The Hall–Kier alpha value is -0.900. The van der Waals surface area contributed by atoms with E-state index in [1.165, 1.54) is 0 Å². The van der Waals surface area contributed by atoms with Crippen LogP contribution in [0.15, 0.2) is 30.3 Å². The molecule has 0 saturated heterocycles. The van der Waals surface area contributed by atoms with Crippen LogP contribution >= 0.6 is 0 Å². The second-order valence-corrected chi connectivity index (χ2v) is 4.02. The number of aliphatic hydroxyl groups is 1. The molecule has 3 heteroatoms. The van der Waals surface area contributed by atoms with E-state index >= 15 is 0 Å². The zero-order valence-corrected chi connectivity index (χ0v) is 10.0. The second-order valence-electron chi connectivity index (χ2n) is 4.02. The number of hydrogen-bond acceptors (Lipinski definition) is 3. The first-order valence-corrected chi connectivity index (χ1v) is 5.75. The molecule has 90 valence electrons. The third kappa shape index (κ3) is 4.75. The molecular weight excluding hydrogens is 202 g/mol. The van der Waals surface area contributed by atoms with E-state index in [9.17, 15) is 5.11 Å². The maximum atomic E-state index is 9.28. The molecule has 0 aromatic heterocycles. The molecule has 1 aromatic carbocycles. The molecule has 0 aliphatic rings. The summed E-state index contributed by atoms with van der Waals surface area (Å²) in [5, 5.41) is 12.6. The zero-order valence-electron chi connectivity index (χ0n) is 10.0. The summed E-state index contributed by atoms with van der Waals surface area (Å²) in [6.45, 7) is 5.55. The lowest BCUT2D eigenvalue weighted by molar-refractivity contribution is 0.0777. The summed E-state index contributed by atoms with van der Waals surface area (Å²) in [6, 6.07) is 9.94. The van der Waals surface area contributed by atoms with Gasteiger partial charge in [-0.1, -0.05) is 30.3 Å². The largest absolute Gasteiger partial charge is 0.394 e. The molecule has 0 heterocycles. The van der Waals surface area contributed by atoms with E-state index in [0.29, 0.717) is 6.61 Å². The highest BCUT2D eigenvalue weighted by molar-refractivity contribution is 5.18. The molecular formula is C13H21NO2. The molecule has 1 rings (SSSR count). The Kier molecular flexibility index (Phi) is 6.08. The van der Waals surface area contributed by atoms with Crippen LogP contribution in [0.5, 0.6) is 0 Å². The van der Waals surface area contributed by atoms with Crippen molar-refractivity contribution in [1.29, 1.82) is 0 Å². The third-order valence-electron chi connectivity index (χ3n) is 2.33. The standard InChI is InChI=1S/C13H21NO2/c1-11(2)16-9-8-14-13(10-15)12-6-4-3-5-7-12/h3-7,11,13-15H,8-10H2,1-2H3. The van der Waals surface area contributed by atoms with Gasteiger partial charge in [-0.2, -0.15) is 0 Å². The monoisotopic (exact) mass is 223 g/mol. The molecule has 0 radical (unpaired) electrons. The van der Waals surface area contributed by atoms with Gasteiger partial charge in [0.25, 0.3) is 0 Å². The van der Waals surface area contributed by atoms with Gasteiger partial charge in [0.15, 0.2) is 0 Å². The van der Waals surface area contributed by atoms with E-state index in [2.05, 4.69) is 5.32 Å². The molecule has 0 bridgehead atoms. The first-order valence-electron chi connectivity index (χ1n) is 5.75. The topological polar surface area (TPSA) is 41.5 Å². The van der Waals surface area contributed by atoms with Gasteiger partial charge in [0.05, 0.1) is 25.4 Å². The Morgan fingerprint density at radius 3 is 2.50 bits per heavy atom. The Morgan fingerprint density at radius 1 is 1.25 bits per heavy atom. The van der Waals surface area contributed by atoms with Gasteiger partial charge in [-0.15, -0.1) is 0 Å². The third-order valence-corrected chi connectivity index (χ3v) is 2.33. The summed E-state index contributed by atoms with van der Waals surface area (Å²) >= 11 is 0. The first-order chi connectivity index (χ1) is 7.74. The van der Waals surface area contributed by atoms with Crippen molar-refractivity contribution >= 4 is 0 Å². The van der Waals surface area contributed by atoms with Crippen LogP contribution in [0.1, 0.15) is 25.5 Å². The Morgan fingerprint density at radius 2 is 1.94 bits per heavy atom. The molecule has 0 fully saturated rings. The fourth-order valence-electron chi connectivity index (χ4n) is 1.50. The van der Waals surface area contributed by atoms with Gasteiger partial charge in [0.2, 0.25) is 0 Å². The van der Waals surface area contributed by atoms with Gasteiger partial charge in [-0.3, -0.25) is 0 Å². The SMILES string of the molecule is CC(C)OCCNC(CO)c1ccccc1. The minimum atomic E-state index is -0.00281. The van der Waals surface area contributed by atoms with Gasteiger partial charge < -0.3 is 15.2 Å². The van der Waals surface area contributed by atoms with Crippen molar-refractivity contribution < 1.29 is 9.84 Å². The van der Waals surface area contributed by atoms with Crippen molar-refractivity contribution in [2.24, 2.45) is 0 Å². The highest BCUT2D eigenvalue weighted by atomic mass is 16.5. The predicted octanol–water partition coefficient (Wildman–Crippen LogP) is 1.73. The minimum Gasteiger partial charge on any atom is -0.394 e. The molecule has 16 heavy (non-hydrogen) atoms. The molecule has 0 aliphatic carbocycles. The summed E-state index contributed by atoms with van der Waals surface area (Å²) in [4.78, 5) is 0. The average Bonchev–Trinajstić information content (AvgIpc) is 2.30. The highest BCUT2D eigenvalue weighted by Gasteiger charge is 2.08. The van der Waals surface area contributed by atoms with Gasteiger partial charge >= 0.3 is 0 Å². The first kappa shape index (κ1) is 13.2. The fourth-order valence-corrected chi connectivity index (χ4v) is 1.50. The number of benzene rings is 1. The van der Waals surface area contributed by atoms with Gasteiger partial charge in [0, 0.05) is 6.54 Å². The number of aliphatic hydroxyl groups excluding tert-OH is 1. The van der Waals surface area contributed by atoms with E-state index in [1.807, 2.05) is 44.2 Å². The summed E-state index contributed by atoms with van der Waals surface area (Å²) in [5.41, 5.74) is 1.11. The maximum absolute atomic E-state index is 9.28. The molecule has 1 aromatic rings. The average molecular weight is 223 g/mol. The van der Waals surface area contributed by atoms with Crippen molar-refractivity contribution in [3.05, 3.63) is 35.9 Å². The Labute approximate surface area is 97.4 Å². The van der Waals surface area contributed by atoms with E-state index in [-0.39, 0.29) is 18.8 Å². The smallest absolute Gasteiger partial charge is 0.0626 e. The van der Waals surface area contributed by atoms with Crippen LogP contribution < -0.4 is 5.32 Å². The number of nitrogens with one attached hydrogen (secondary N) is 1. The predicted molar refractivity (Wildman–Crippen MR) is 65.4 cm³/mol. The summed E-state index contributed by atoms with van der Waals surface area (Å²) in [5.74, 6) is 0. The molecule has 0 aliphatic heterocycles. The number of rotatable bonds is 7. The van der Waals surface area contributed by atoms with Crippen molar-refractivity contribution in [2.45, 2.75) is 26.0 Å². The van der Waals surface area contributed by atoms with Crippen LogP contribution in [-0.4, -0.2) is 31.0 Å². The lowest BCUT2D eigenvalue weighted by Crippen LogP contribution is -2.28. The Balaban J connectivity index is 2.33. The van der Waals surface area contributed by atoms with Crippen LogP contribution in [0.3, 0.4) is 0 Å². The van der Waals surface area contributed by atoms with Crippen LogP contribution in [0.25, 0.3) is 0 Å². The van der Waals surface area contributed by atoms with E-state index in [1.54, 1.807) is 0 Å². The molecule has 0 spiro atoms.